The van der Waals surface area contributed by atoms with E-state index < -0.39 is 28.0 Å². The topological polar surface area (TPSA) is 137 Å². The van der Waals surface area contributed by atoms with Crippen LogP contribution in [0.5, 0.6) is 0 Å². The summed E-state index contributed by atoms with van der Waals surface area (Å²) in [5.41, 5.74) is 2.40. The molecule has 2 rings (SSSR count). The molecule has 9 nitrogen and oxygen atoms in total. The normalized spacial score (nSPS) is 13.1. The first-order valence-corrected chi connectivity index (χ1v) is 11.4. The quantitative estimate of drug-likeness (QED) is 0.207. The van der Waals surface area contributed by atoms with Crippen molar-refractivity contribution in [3.8, 4) is 0 Å². The second kappa shape index (κ2) is 11.7. The number of urea groups is 1. The highest BCUT2D eigenvalue weighted by atomic mass is 35.5. The Morgan fingerprint density at radius 2 is 1.71 bits per heavy atom. The molecule has 0 aliphatic heterocycles. The van der Waals surface area contributed by atoms with Crippen LogP contribution in [0.1, 0.15) is 31.4 Å². The van der Waals surface area contributed by atoms with Crippen LogP contribution in [0.15, 0.2) is 59.5 Å². The molecule has 0 fully saturated rings. The van der Waals surface area contributed by atoms with Gasteiger partial charge in [0, 0.05) is 6.54 Å². The molecule has 2 aromatic carbocycles. The fourth-order valence-corrected chi connectivity index (χ4v) is 4.57. The van der Waals surface area contributed by atoms with Gasteiger partial charge >= 0.3 is 6.03 Å². The molecule has 0 radical (unpaired) electrons. The van der Waals surface area contributed by atoms with Crippen molar-refractivity contribution >= 4 is 33.6 Å². The molecular weight excluding hydrogens is 444 g/mol. The number of carbonyl (C=O) groups excluding carboxylic acids is 2. The van der Waals surface area contributed by atoms with E-state index in [1.807, 2.05) is 37.3 Å². The SMILES string of the molecule is C[C@@H](NC(=O)NCCCC(NS(=O)(=O)c1ccccc1Cl)C(=O)NO)c1ccccc1. The lowest BCUT2D eigenvalue weighted by Crippen LogP contribution is -2.46. The molecule has 0 heterocycles. The predicted octanol–water partition coefficient (Wildman–Crippen LogP) is 2.33. The van der Waals surface area contributed by atoms with Gasteiger partial charge in [-0.1, -0.05) is 54.1 Å². The molecule has 31 heavy (non-hydrogen) atoms. The summed E-state index contributed by atoms with van der Waals surface area (Å²) in [6, 6.07) is 13.4. The summed E-state index contributed by atoms with van der Waals surface area (Å²) in [6.45, 7) is 2.04. The highest BCUT2D eigenvalue weighted by molar-refractivity contribution is 7.89. The van der Waals surface area contributed by atoms with Crippen molar-refractivity contribution in [2.75, 3.05) is 6.54 Å². The summed E-state index contributed by atoms with van der Waals surface area (Å²) in [4.78, 5) is 23.8. The van der Waals surface area contributed by atoms with Gasteiger partial charge in [0.05, 0.1) is 11.1 Å². The summed E-state index contributed by atoms with van der Waals surface area (Å²) < 4.78 is 27.3. The van der Waals surface area contributed by atoms with Gasteiger partial charge in [0.15, 0.2) is 0 Å². The Labute approximate surface area is 186 Å². The highest BCUT2D eigenvalue weighted by Gasteiger charge is 2.26. The van der Waals surface area contributed by atoms with E-state index in [1.165, 1.54) is 23.7 Å². The van der Waals surface area contributed by atoms with E-state index in [-0.39, 0.29) is 35.3 Å². The van der Waals surface area contributed by atoms with Crippen LogP contribution in [0.3, 0.4) is 0 Å². The number of halogens is 1. The van der Waals surface area contributed by atoms with E-state index in [0.717, 1.165) is 5.56 Å². The third-order valence-corrected chi connectivity index (χ3v) is 6.42. The Bertz CT molecular complexity index is 988. The van der Waals surface area contributed by atoms with Crippen LogP contribution in [0.4, 0.5) is 4.79 Å². The van der Waals surface area contributed by atoms with Crippen molar-refractivity contribution in [2.45, 2.75) is 36.7 Å². The van der Waals surface area contributed by atoms with E-state index in [2.05, 4.69) is 15.4 Å². The average molecular weight is 469 g/mol. The number of amides is 3. The number of carbonyl (C=O) groups is 2. The van der Waals surface area contributed by atoms with Crippen molar-refractivity contribution in [2.24, 2.45) is 0 Å². The predicted molar refractivity (Wildman–Crippen MR) is 116 cm³/mol. The summed E-state index contributed by atoms with van der Waals surface area (Å²) in [7, 11) is -4.10. The molecule has 0 saturated carbocycles. The van der Waals surface area contributed by atoms with Crippen molar-refractivity contribution in [1.29, 1.82) is 0 Å². The lowest BCUT2D eigenvalue weighted by molar-refractivity contribution is -0.131. The maximum Gasteiger partial charge on any atom is 0.315 e. The minimum atomic E-state index is -4.10. The summed E-state index contributed by atoms with van der Waals surface area (Å²) in [6.07, 6.45) is 0.306. The van der Waals surface area contributed by atoms with E-state index in [9.17, 15) is 18.0 Å². The van der Waals surface area contributed by atoms with Gasteiger partial charge in [-0.25, -0.2) is 18.7 Å². The second-order valence-electron chi connectivity index (χ2n) is 6.76. The Hall–Kier alpha value is -2.66. The molecule has 0 aromatic heterocycles. The van der Waals surface area contributed by atoms with Gasteiger partial charge in [-0.3, -0.25) is 10.0 Å². The number of sulfonamides is 1. The fourth-order valence-electron chi connectivity index (χ4n) is 2.82. The van der Waals surface area contributed by atoms with Gasteiger partial charge in [0.25, 0.3) is 5.91 Å². The average Bonchev–Trinajstić information content (AvgIpc) is 2.76. The van der Waals surface area contributed by atoms with Crippen molar-refractivity contribution in [3.63, 3.8) is 0 Å². The van der Waals surface area contributed by atoms with E-state index >= 15 is 0 Å². The number of nitrogens with one attached hydrogen (secondary N) is 4. The van der Waals surface area contributed by atoms with Gasteiger partial charge in [-0.15, -0.1) is 0 Å². The minimum absolute atomic E-state index is 0.00373. The molecule has 0 aliphatic rings. The third kappa shape index (κ3) is 7.51. The largest absolute Gasteiger partial charge is 0.338 e. The fraction of sp³-hybridized carbons (Fsp3) is 0.300. The molecular formula is C20H25ClN4O5S. The molecule has 0 bridgehead atoms. The second-order valence-corrected chi connectivity index (χ2v) is 8.84. The molecule has 11 heteroatoms. The van der Waals surface area contributed by atoms with Crippen molar-refractivity contribution in [1.82, 2.24) is 20.8 Å². The van der Waals surface area contributed by atoms with Crippen LogP contribution in [0.25, 0.3) is 0 Å². The monoisotopic (exact) mass is 468 g/mol. The molecule has 1 unspecified atom stereocenters. The Kier molecular flexibility index (Phi) is 9.25. The number of benzene rings is 2. The Morgan fingerprint density at radius 3 is 2.35 bits per heavy atom. The standard InChI is InChI=1S/C20H25ClN4O5S/c1-14(15-8-3-2-4-9-15)23-20(27)22-13-7-11-17(19(26)24-28)25-31(29,30)18-12-6-5-10-16(18)21/h2-6,8-10,12,14,17,25,28H,7,11,13H2,1H3,(H,24,26)(H2,22,23,27)/t14-,17?/m1/s1. The Morgan fingerprint density at radius 1 is 1.06 bits per heavy atom. The van der Waals surface area contributed by atoms with Crippen LogP contribution in [-0.2, 0) is 14.8 Å². The third-order valence-electron chi connectivity index (χ3n) is 4.45. The van der Waals surface area contributed by atoms with Gasteiger partial charge in [0.1, 0.15) is 10.9 Å². The van der Waals surface area contributed by atoms with Crippen LogP contribution < -0.4 is 20.8 Å². The first-order chi connectivity index (χ1) is 14.7. The highest BCUT2D eigenvalue weighted by Crippen LogP contribution is 2.21. The molecule has 2 atom stereocenters. The van der Waals surface area contributed by atoms with E-state index in [4.69, 9.17) is 16.8 Å². The van der Waals surface area contributed by atoms with Crippen LogP contribution in [0, 0.1) is 0 Å². The summed E-state index contributed by atoms with van der Waals surface area (Å²) in [5.74, 6) is -0.919. The summed E-state index contributed by atoms with van der Waals surface area (Å²) in [5, 5.41) is 14.4. The first kappa shape index (κ1) is 24.6. The van der Waals surface area contributed by atoms with Crippen molar-refractivity contribution < 1.29 is 23.2 Å². The zero-order chi connectivity index (χ0) is 22.9. The van der Waals surface area contributed by atoms with Gasteiger partial charge < -0.3 is 10.6 Å². The zero-order valence-corrected chi connectivity index (χ0v) is 18.4. The molecule has 0 saturated heterocycles. The summed E-state index contributed by atoms with van der Waals surface area (Å²) >= 11 is 5.93. The van der Waals surface area contributed by atoms with E-state index in [0.29, 0.717) is 0 Å². The lowest BCUT2D eigenvalue weighted by atomic mass is 10.1. The smallest absolute Gasteiger partial charge is 0.315 e. The van der Waals surface area contributed by atoms with Crippen LogP contribution in [0.2, 0.25) is 5.02 Å². The zero-order valence-electron chi connectivity index (χ0n) is 16.8. The van der Waals surface area contributed by atoms with Crippen molar-refractivity contribution in [3.05, 3.63) is 65.2 Å². The molecule has 0 aliphatic carbocycles. The Balaban J connectivity index is 1.87. The van der Waals surface area contributed by atoms with Gasteiger partial charge in [0.2, 0.25) is 10.0 Å². The molecule has 5 N–H and O–H groups in total. The maximum absolute atomic E-state index is 12.5. The van der Waals surface area contributed by atoms with Gasteiger partial charge in [-0.05, 0) is 37.5 Å². The van der Waals surface area contributed by atoms with Crippen LogP contribution >= 0.6 is 11.6 Å². The molecule has 0 spiro atoms. The number of hydroxylamine groups is 1. The lowest BCUT2D eigenvalue weighted by Gasteiger charge is -2.18. The number of hydrogen-bond acceptors (Lipinski definition) is 5. The van der Waals surface area contributed by atoms with E-state index in [1.54, 1.807) is 6.07 Å². The van der Waals surface area contributed by atoms with Gasteiger partial charge in [-0.2, -0.15) is 4.72 Å². The maximum atomic E-state index is 12.5. The molecule has 2 aromatic rings. The molecule has 3 amide bonds. The number of hydrogen-bond donors (Lipinski definition) is 5. The van der Waals surface area contributed by atoms with Crippen LogP contribution in [-0.4, -0.2) is 38.1 Å². The molecule has 168 valence electrons. The number of rotatable bonds is 10. The minimum Gasteiger partial charge on any atom is -0.338 e. The first-order valence-electron chi connectivity index (χ1n) is 9.54.